The highest BCUT2D eigenvalue weighted by Crippen LogP contribution is 2.13. The van der Waals surface area contributed by atoms with Crippen molar-refractivity contribution in [3.8, 4) is 0 Å². The minimum Gasteiger partial charge on any atom is -0.375 e. The molecule has 2 rings (SSSR count). The Bertz CT molecular complexity index is 523. The van der Waals surface area contributed by atoms with Crippen LogP contribution in [0, 0.1) is 0 Å². The van der Waals surface area contributed by atoms with E-state index in [2.05, 4.69) is 10.3 Å². The summed E-state index contributed by atoms with van der Waals surface area (Å²) in [5.74, 6) is -0.0168. The number of anilines is 1. The van der Waals surface area contributed by atoms with Gasteiger partial charge >= 0.3 is 0 Å². The molecular weight excluding hydrogens is 262 g/mol. The second kappa shape index (κ2) is 4.61. The van der Waals surface area contributed by atoms with Crippen LogP contribution in [-0.4, -0.2) is 36.9 Å². The number of hydrogen-bond donors (Lipinski definition) is 2. The van der Waals surface area contributed by atoms with Crippen LogP contribution in [0.5, 0.6) is 0 Å². The largest absolute Gasteiger partial charge is 0.375 e. The predicted molar refractivity (Wildman–Crippen MR) is 65.4 cm³/mol. The number of rotatable bonds is 3. The first-order valence-corrected chi connectivity index (χ1v) is 7.84. The molecule has 8 heteroatoms. The number of hydrogen-bond acceptors (Lipinski definition) is 6. The fraction of sp³-hybridized carbons (Fsp3) is 0.556. The van der Waals surface area contributed by atoms with E-state index in [1.54, 1.807) is 5.38 Å². The predicted octanol–water partition coefficient (Wildman–Crippen LogP) is -0.429. The molecule has 0 spiro atoms. The van der Waals surface area contributed by atoms with Gasteiger partial charge < -0.3 is 11.1 Å². The van der Waals surface area contributed by atoms with Gasteiger partial charge in [-0.05, 0) is 6.42 Å². The first kappa shape index (κ1) is 12.3. The summed E-state index contributed by atoms with van der Waals surface area (Å²) in [6.07, 6.45) is 0.636. The molecule has 0 bridgehead atoms. The van der Waals surface area contributed by atoms with Gasteiger partial charge in [-0.15, -0.1) is 11.3 Å². The fourth-order valence-electron chi connectivity index (χ4n) is 1.76. The third-order valence-electron chi connectivity index (χ3n) is 2.51. The van der Waals surface area contributed by atoms with Crippen LogP contribution >= 0.6 is 11.3 Å². The molecule has 1 unspecified atom stereocenters. The summed E-state index contributed by atoms with van der Waals surface area (Å²) in [5, 5.41) is 4.85. The number of amides is 1. The first-order valence-electron chi connectivity index (χ1n) is 5.14. The third kappa shape index (κ3) is 3.40. The minimum atomic E-state index is -2.96. The van der Waals surface area contributed by atoms with Crippen molar-refractivity contribution in [1.29, 1.82) is 0 Å². The molecule has 6 nitrogen and oxygen atoms in total. The first-order chi connectivity index (χ1) is 7.94. The van der Waals surface area contributed by atoms with Gasteiger partial charge in [-0.2, -0.15) is 0 Å². The highest BCUT2D eigenvalue weighted by Gasteiger charge is 2.28. The topological polar surface area (TPSA) is 102 Å². The molecule has 1 amide bonds. The maximum absolute atomic E-state index is 11.6. The lowest BCUT2D eigenvalue weighted by molar-refractivity contribution is -0.121. The van der Waals surface area contributed by atoms with Crippen molar-refractivity contribution in [2.45, 2.75) is 18.9 Å². The van der Waals surface area contributed by atoms with Crippen molar-refractivity contribution >= 4 is 32.2 Å². The molecule has 2 heterocycles. The van der Waals surface area contributed by atoms with Crippen LogP contribution < -0.4 is 11.1 Å². The number of sulfone groups is 1. The number of nitrogens with two attached hydrogens (primary N) is 1. The Balaban J connectivity index is 1.86. The number of nitrogen functional groups attached to an aromatic ring is 1. The molecule has 1 atom stereocenters. The second-order valence-electron chi connectivity index (χ2n) is 4.02. The number of thiazole rings is 1. The van der Waals surface area contributed by atoms with Crippen LogP contribution in [0.4, 0.5) is 5.13 Å². The molecule has 1 aliphatic heterocycles. The lowest BCUT2D eigenvalue weighted by atomic mass is 10.2. The molecule has 0 radical (unpaired) electrons. The Kier molecular flexibility index (Phi) is 3.34. The minimum absolute atomic E-state index is 0.0396. The Morgan fingerprint density at radius 1 is 1.65 bits per heavy atom. The molecule has 17 heavy (non-hydrogen) atoms. The highest BCUT2D eigenvalue weighted by atomic mass is 32.2. The summed E-state index contributed by atoms with van der Waals surface area (Å²) in [7, 11) is -2.96. The smallest absolute Gasteiger partial charge is 0.226 e. The summed E-state index contributed by atoms with van der Waals surface area (Å²) >= 11 is 1.28. The standard InChI is InChI=1S/C9H13N3O3S2/c10-9-12-7(4-16-9)3-8(13)11-6-1-2-17(14,15)5-6/h4,6H,1-3,5H2,(H2,10,12)(H,11,13). The van der Waals surface area contributed by atoms with Gasteiger partial charge in [0.05, 0.1) is 23.6 Å². The van der Waals surface area contributed by atoms with Crippen molar-refractivity contribution in [1.82, 2.24) is 10.3 Å². The van der Waals surface area contributed by atoms with E-state index in [0.29, 0.717) is 17.2 Å². The molecule has 1 aliphatic rings. The van der Waals surface area contributed by atoms with Gasteiger partial charge in [0.25, 0.3) is 0 Å². The number of carbonyl (C=O) groups excluding carboxylic acids is 1. The van der Waals surface area contributed by atoms with Gasteiger partial charge in [0, 0.05) is 11.4 Å². The molecule has 1 aromatic rings. The quantitative estimate of drug-likeness (QED) is 0.779. The molecule has 0 aliphatic carbocycles. The van der Waals surface area contributed by atoms with Crippen molar-refractivity contribution in [2.24, 2.45) is 0 Å². The van der Waals surface area contributed by atoms with E-state index in [1.807, 2.05) is 0 Å². The number of carbonyl (C=O) groups is 1. The van der Waals surface area contributed by atoms with Crippen molar-refractivity contribution < 1.29 is 13.2 Å². The number of nitrogens with zero attached hydrogens (tertiary/aromatic N) is 1. The summed E-state index contributed by atoms with van der Waals surface area (Å²) < 4.78 is 22.4. The van der Waals surface area contributed by atoms with Crippen LogP contribution in [0.2, 0.25) is 0 Å². The number of aromatic nitrogens is 1. The fourth-order valence-corrected chi connectivity index (χ4v) is 3.99. The maximum atomic E-state index is 11.6. The normalized spacial score (nSPS) is 22.5. The van der Waals surface area contributed by atoms with E-state index in [-0.39, 0.29) is 29.9 Å². The van der Waals surface area contributed by atoms with E-state index in [4.69, 9.17) is 5.73 Å². The van der Waals surface area contributed by atoms with Crippen molar-refractivity contribution in [2.75, 3.05) is 17.2 Å². The summed E-state index contributed by atoms with van der Waals surface area (Å²) in [4.78, 5) is 15.6. The summed E-state index contributed by atoms with van der Waals surface area (Å²) in [6.45, 7) is 0. The average Bonchev–Trinajstić information content (AvgIpc) is 2.73. The van der Waals surface area contributed by atoms with Crippen LogP contribution in [0.25, 0.3) is 0 Å². The Hall–Kier alpha value is -1.15. The Morgan fingerprint density at radius 2 is 2.41 bits per heavy atom. The van der Waals surface area contributed by atoms with Gasteiger partial charge in [-0.3, -0.25) is 4.79 Å². The van der Waals surface area contributed by atoms with Crippen LogP contribution in [-0.2, 0) is 21.1 Å². The molecule has 0 saturated carbocycles. The van der Waals surface area contributed by atoms with E-state index in [1.165, 1.54) is 11.3 Å². The molecule has 94 valence electrons. The van der Waals surface area contributed by atoms with Crippen LogP contribution in [0.1, 0.15) is 12.1 Å². The zero-order valence-corrected chi connectivity index (χ0v) is 10.7. The van der Waals surface area contributed by atoms with Crippen LogP contribution in [0.15, 0.2) is 5.38 Å². The molecule has 1 saturated heterocycles. The van der Waals surface area contributed by atoms with E-state index in [9.17, 15) is 13.2 Å². The van der Waals surface area contributed by atoms with Gasteiger partial charge in [0.2, 0.25) is 5.91 Å². The van der Waals surface area contributed by atoms with Crippen molar-refractivity contribution in [3.05, 3.63) is 11.1 Å². The maximum Gasteiger partial charge on any atom is 0.226 e. The zero-order chi connectivity index (χ0) is 12.5. The van der Waals surface area contributed by atoms with Gasteiger partial charge in [0.15, 0.2) is 15.0 Å². The number of nitrogens with one attached hydrogen (secondary N) is 1. The zero-order valence-electron chi connectivity index (χ0n) is 9.05. The van der Waals surface area contributed by atoms with Gasteiger partial charge in [0.1, 0.15) is 0 Å². The van der Waals surface area contributed by atoms with Gasteiger partial charge in [-0.1, -0.05) is 0 Å². The molecule has 1 aromatic heterocycles. The Morgan fingerprint density at radius 3 is 2.94 bits per heavy atom. The average molecular weight is 275 g/mol. The second-order valence-corrected chi connectivity index (χ2v) is 7.14. The van der Waals surface area contributed by atoms with Crippen LogP contribution in [0.3, 0.4) is 0 Å². The van der Waals surface area contributed by atoms with E-state index < -0.39 is 9.84 Å². The third-order valence-corrected chi connectivity index (χ3v) is 5.00. The molecule has 3 N–H and O–H groups in total. The lowest BCUT2D eigenvalue weighted by Crippen LogP contribution is -2.36. The SMILES string of the molecule is Nc1nc(CC(=O)NC2CCS(=O)(=O)C2)cs1. The van der Waals surface area contributed by atoms with E-state index in [0.717, 1.165) is 0 Å². The van der Waals surface area contributed by atoms with Crippen molar-refractivity contribution in [3.63, 3.8) is 0 Å². The van der Waals surface area contributed by atoms with E-state index >= 15 is 0 Å². The monoisotopic (exact) mass is 275 g/mol. The molecular formula is C9H13N3O3S2. The summed E-state index contributed by atoms with van der Waals surface area (Å²) in [5.41, 5.74) is 6.07. The van der Waals surface area contributed by atoms with Gasteiger partial charge in [-0.25, -0.2) is 13.4 Å². The molecule has 0 aromatic carbocycles. The summed E-state index contributed by atoms with van der Waals surface area (Å²) in [6, 6.07) is -0.261. The Labute approximate surface area is 103 Å². The lowest BCUT2D eigenvalue weighted by Gasteiger charge is -2.09. The highest BCUT2D eigenvalue weighted by molar-refractivity contribution is 7.91. The molecule has 1 fully saturated rings.